The van der Waals surface area contributed by atoms with Crippen molar-refractivity contribution < 1.29 is 9.66 Å². The van der Waals surface area contributed by atoms with Gasteiger partial charge in [0.25, 0.3) is 0 Å². The summed E-state index contributed by atoms with van der Waals surface area (Å²) in [6, 6.07) is 2.76. The molecule has 6 nitrogen and oxygen atoms in total. The minimum absolute atomic E-state index is 0. The molecule has 1 aromatic carbocycles. The van der Waals surface area contributed by atoms with Crippen LogP contribution in [-0.4, -0.2) is 22.0 Å². The van der Waals surface area contributed by atoms with Crippen LogP contribution in [0, 0.1) is 10.1 Å². The second kappa shape index (κ2) is 5.11. The van der Waals surface area contributed by atoms with Crippen molar-refractivity contribution >= 4 is 40.6 Å². The first kappa shape index (κ1) is 13.4. The van der Waals surface area contributed by atoms with Crippen LogP contribution in [0.3, 0.4) is 0 Å². The highest BCUT2D eigenvalue weighted by Gasteiger charge is 2.17. The van der Waals surface area contributed by atoms with Crippen molar-refractivity contribution in [3.8, 4) is 5.75 Å². The Bertz CT molecular complexity index is 577. The topological polar surface area (TPSA) is 78.2 Å². The van der Waals surface area contributed by atoms with E-state index in [1.54, 1.807) is 0 Å². The number of rotatable bonds is 2. The Morgan fingerprint density at radius 3 is 2.71 bits per heavy atom. The number of hydrogen-bond acceptors (Lipinski definition) is 5. The van der Waals surface area contributed by atoms with Crippen molar-refractivity contribution in [1.29, 1.82) is 0 Å². The van der Waals surface area contributed by atoms with Gasteiger partial charge in [0, 0.05) is 11.5 Å². The first-order valence-electron chi connectivity index (χ1n) is 4.26. The fraction of sp³-hybridized carbons (Fsp3) is 0.111. The maximum Gasteiger partial charge on any atom is 0.313 e. The lowest BCUT2D eigenvalue weighted by Gasteiger charge is -2.04. The monoisotopic (exact) mass is 275 g/mol. The molecule has 8 heteroatoms. The van der Waals surface area contributed by atoms with Gasteiger partial charge >= 0.3 is 5.69 Å². The summed E-state index contributed by atoms with van der Waals surface area (Å²) in [7, 11) is 1.35. The lowest BCUT2D eigenvalue weighted by molar-refractivity contribution is -0.385. The minimum atomic E-state index is -0.533. The van der Waals surface area contributed by atoms with Crippen molar-refractivity contribution in [3.05, 3.63) is 33.7 Å². The molecule has 1 aromatic heterocycles. The van der Waals surface area contributed by atoms with E-state index in [1.165, 1.54) is 25.6 Å². The molecule has 0 spiro atoms. The predicted octanol–water partition coefficient (Wildman–Crippen LogP) is 2.62. The number of aromatic nitrogens is 2. The van der Waals surface area contributed by atoms with Gasteiger partial charge in [-0.2, -0.15) is 0 Å². The van der Waals surface area contributed by atoms with Crippen molar-refractivity contribution in [2.75, 3.05) is 7.11 Å². The normalized spacial score (nSPS) is 9.76. The van der Waals surface area contributed by atoms with Crippen molar-refractivity contribution in [3.63, 3.8) is 0 Å². The summed E-state index contributed by atoms with van der Waals surface area (Å²) in [5.41, 5.74) is 0.261. The van der Waals surface area contributed by atoms with Gasteiger partial charge in [0.2, 0.25) is 0 Å². The lowest BCUT2D eigenvalue weighted by atomic mass is 10.2. The summed E-state index contributed by atoms with van der Waals surface area (Å²) >= 11 is 5.84. The van der Waals surface area contributed by atoms with Gasteiger partial charge in [-0.3, -0.25) is 10.1 Å². The number of benzene rings is 1. The van der Waals surface area contributed by atoms with Crippen LogP contribution in [0.25, 0.3) is 10.9 Å². The maximum absolute atomic E-state index is 10.8. The Morgan fingerprint density at radius 1 is 1.41 bits per heavy atom. The average molecular weight is 276 g/mol. The van der Waals surface area contributed by atoms with E-state index in [-0.39, 0.29) is 29.0 Å². The van der Waals surface area contributed by atoms with Gasteiger partial charge < -0.3 is 4.74 Å². The van der Waals surface area contributed by atoms with Crippen LogP contribution in [0.2, 0.25) is 5.15 Å². The zero-order valence-corrected chi connectivity index (χ0v) is 10.2. The van der Waals surface area contributed by atoms with Gasteiger partial charge in [0.15, 0.2) is 5.75 Å². The summed E-state index contributed by atoms with van der Waals surface area (Å²) < 4.78 is 4.91. The Hall–Kier alpha value is -1.66. The van der Waals surface area contributed by atoms with E-state index in [0.29, 0.717) is 10.9 Å². The fourth-order valence-electron chi connectivity index (χ4n) is 1.35. The van der Waals surface area contributed by atoms with E-state index >= 15 is 0 Å². The molecule has 2 aromatic rings. The highest BCUT2D eigenvalue weighted by molar-refractivity contribution is 6.34. The molecule has 2 rings (SSSR count). The smallest absolute Gasteiger partial charge is 0.313 e. The lowest BCUT2D eigenvalue weighted by Crippen LogP contribution is -1.95. The molecule has 0 bridgehead atoms. The van der Waals surface area contributed by atoms with E-state index in [9.17, 15) is 10.1 Å². The number of hydrogen-bond donors (Lipinski definition) is 0. The fourth-order valence-corrected chi connectivity index (χ4v) is 1.54. The molecule has 0 amide bonds. The molecular weight excluding hydrogens is 269 g/mol. The van der Waals surface area contributed by atoms with Crippen LogP contribution in [-0.2, 0) is 0 Å². The second-order valence-corrected chi connectivity index (χ2v) is 3.32. The van der Waals surface area contributed by atoms with Gasteiger partial charge in [-0.25, -0.2) is 9.97 Å². The number of ether oxygens (including phenoxy) is 1. The third-order valence-electron chi connectivity index (χ3n) is 2.08. The molecular formula is C9H7Cl2N3O3. The van der Waals surface area contributed by atoms with E-state index in [4.69, 9.17) is 16.3 Å². The molecule has 0 fully saturated rings. The van der Waals surface area contributed by atoms with Crippen LogP contribution >= 0.6 is 24.0 Å². The van der Waals surface area contributed by atoms with Gasteiger partial charge in [-0.15, -0.1) is 12.4 Å². The van der Waals surface area contributed by atoms with E-state index in [2.05, 4.69) is 9.97 Å². The molecule has 0 aliphatic carbocycles. The molecule has 0 unspecified atom stereocenters. The molecule has 1 heterocycles. The predicted molar refractivity (Wildman–Crippen MR) is 65.0 cm³/mol. The van der Waals surface area contributed by atoms with Gasteiger partial charge in [0.05, 0.1) is 17.5 Å². The first-order valence-corrected chi connectivity index (χ1v) is 4.64. The summed E-state index contributed by atoms with van der Waals surface area (Å²) in [6.07, 6.45) is 1.25. The summed E-state index contributed by atoms with van der Waals surface area (Å²) in [4.78, 5) is 17.9. The quantitative estimate of drug-likeness (QED) is 0.478. The van der Waals surface area contributed by atoms with Gasteiger partial charge in [-0.05, 0) is 6.07 Å². The molecule has 0 atom stereocenters. The number of nitro benzene ring substituents is 1. The third-order valence-corrected chi connectivity index (χ3v) is 2.39. The average Bonchev–Trinajstić information content (AvgIpc) is 2.28. The molecule has 0 aliphatic rings. The van der Waals surface area contributed by atoms with E-state index < -0.39 is 4.92 Å². The van der Waals surface area contributed by atoms with Crippen molar-refractivity contribution in [1.82, 2.24) is 9.97 Å². The highest BCUT2D eigenvalue weighted by atomic mass is 35.5. The Morgan fingerprint density at radius 2 is 2.12 bits per heavy atom. The first-order chi connectivity index (χ1) is 7.63. The second-order valence-electron chi connectivity index (χ2n) is 2.96. The zero-order chi connectivity index (χ0) is 11.7. The van der Waals surface area contributed by atoms with Crippen LogP contribution in [0.15, 0.2) is 18.5 Å². The SMILES string of the molecule is COc1cc2c(Cl)ncnc2cc1[N+](=O)[O-].Cl. The molecule has 0 aliphatic heterocycles. The van der Waals surface area contributed by atoms with Crippen LogP contribution in [0.4, 0.5) is 5.69 Å². The maximum atomic E-state index is 10.8. The standard InChI is InChI=1S/C9H6ClN3O3.ClH/c1-16-8-2-5-6(3-7(8)13(14)15)11-4-12-9(5)10;/h2-4H,1H3;1H. The molecule has 0 saturated carbocycles. The van der Waals surface area contributed by atoms with Crippen LogP contribution in [0.1, 0.15) is 0 Å². The summed E-state index contributed by atoms with van der Waals surface area (Å²) in [5, 5.41) is 11.5. The Labute approximate surface area is 107 Å². The number of nitrogens with zero attached hydrogens (tertiary/aromatic N) is 3. The highest BCUT2D eigenvalue weighted by Crippen LogP contribution is 2.32. The number of halogens is 2. The van der Waals surface area contributed by atoms with Crippen LogP contribution < -0.4 is 4.74 Å². The number of fused-ring (bicyclic) bond motifs is 1. The molecule has 0 N–H and O–H groups in total. The van der Waals surface area contributed by atoms with Gasteiger partial charge in [0.1, 0.15) is 11.5 Å². The largest absolute Gasteiger partial charge is 0.490 e. The molecule has 17 heavy (non-hydrogen) atoms. The number of methoxy groups -OCH3 is 1. The Kier molecular flexibility index (Phi) is 4.03. The third kappa shape index (κ3) is 2.37. The summed E-state index contributed by atoms with van der Waals surface area (Å²) in [5.74, 6) is 0.134. The van der Waals surface area contributed by atoms with Crippen molar-refractivity contribution in [2.45, 2.75) is 0 Å². The summed E-state index contributed by atoms with van der Waals surface area (Å²) in [6.45, 7) is 0. The van der Waals surface area contributed by atoms with Crippen molar-refractivity contribution in [2.24, 2.45) is 0 Å². The Balaban J connectivity index is 0.00000144. The van der Waals surface area contributed by atoms with Gasteiger partial charge in [-0.1, -0.05) is 11.6 Å². The van der Waals surface area contributed by atoms with E-state index in [0.717, 1.165) is 0 Å². The molecule has 0 radical (unpaired) electrons. The number of nitro groups is 1. The zero-order valence-electron chi connectivity index (χ0n) is 8.58. The van der Waals surface area contributed by atoms with Crippen LogP contribution in [0.5, 0.6) is 5.75 Å². The van der Waals surface area contributed by atoms with E-state index in [1.807, 2.05) is 0 Å². The molecule has 90 valence electrons. The molecule has 0 saturated heterocycles. The minimum Gasteiger partial charge on any atom is -0.490 e.